The zero-order valence-electron chi connectivity index (χ0n) is 11.9. The van der Waals surface area contributed by atoms with Gasteiger partial charge in [-0.05, 0) is 56.8 Å². The van der Waals surface area contributed by atoms with Crippen molar-refractivity contribution < 1.29 is 0 Å². The third-order valence-electron chi connectivity index (χ3n) is 4.60. The summed E-state index contributed by atoms with van der Waals surface area (Å²) in [5.74, 6) is 0. The Hall–Kier alpha value is -0.250. The summed E-state index contributed by atoms with van der Waals surface area (Å²) in [5.41, 5.74) is 1.21. The molecule has 2 aliphatic rings. The average Bonchev–Trinajstić information content (AvgIpc) is 2.70. The number of anilines is 1. The summed E-state index contributed by atoms with van der Waals surface area (Å²) in [4.78, 5) is 2.58. The molecule has 2 aliphatic heterocycles. The Bertz CT molecular complexity index is 466. The maximum Gasteiger partial charge on any atom is 0.0640 e. The largest absolute Gasteiger partial charge is 0.364 e. The highest BCUT2D eigenvalue weighted by Crippen LogP contribution is 2.42. The van der Waals surface area contributed by atoms with Crippen molar-refractivity contribution in [2.75, 3.05) is 11.4 Å². The van der Waals surface area contributed by atoms with Crippen LogP contribution in [-0.2, 0) is 0 Å². The maximum atomic E-state index is 6.43. The first kappa shape index (κ1) is 14.7. The van der Waals surface area contributed by atoms with Crippen molar-refractivity contribution >= 4 is 33.2 Å². The van der Waals surface area contributed by atoms with Gasteiger partial charge in [0.2, 0.25) is 0 Å². The van der Waals surface area contributed by atoms with Gasteiger partial charge >= 0.3 is 0 Å². The van der Waals surface area contributed by atoms with Crippen LogP contribution in [0.3, 0.4) is 0 Å². The van der Waals surface area contributed by atoms with Crippen LogP contribution in [0, 0.1) is 0 Å². The van der Waals surface area contributed by atoms with E-state index in [2.05, 4.69) is 39.1 Å². The fourth-order valence-electron chi connectivity index (χ4n) is 3.77. The maximum absolute atomic E-state index is 6.43. The van der Waals surface area contributed by atoms with Gasteiger partial charge in [-0.3, -0.25) is 0 Å². The average molecular weight is 358 g/mol. The topological polar surface area (TPSA) is 15.3 Å². The van der Waals surface area contributed by atoms with Crippen molar-refractivity contribution in [3.63, 3.8) is 0 Å². The molecule has 2 nitrogen and oxygen atoms in total. The van der Waals surface area contributed by atoms with E-state index in [4.69, 9.17) is 11.6 Å². The van der Waals surface area contributed by atoms with Crippen molar-refractivity contribution in [2.24, 2.45) is 0 Å². The molecule has 2 bridgehead atoms. The number of piperidine rings is 1. The second-order valence-corrected chi connectivity index (χ2v) is 7.33. The summed E-state index contributed by atoms with van der Waals surface area (Å²) in [7, 11) is 0. The number of nitrogens with one attached hydrogen (secondary N) is 1. The lowest BCUT2D eigenvalue weighted by molar-refractivity contribution is 0.357. The molecular formula is C16H22BrClN2. The number of halogens is 2. The third kappa shape index (κ3) is 2.86. The van der Waals surface area contributed by atoms with Gasteiger partial charge in [0.15, 0.2) is 0 Å². The highest BCUT2D eigenvalue weighted by molar-refractivity contribution is 9.10. The molecule has 2 atom stereocenters. The van der Waals surface area contributed by atoms with E-state index < -0.39 is 0 Å². The van der Waals surface area contributed by atoms with E-state index in [9.17, 15) is 0 Å². The van der Waals surface area contributed by atoms with Gasteiger partial charge in [0.1, 0.15) is 0 Å². The van der Waals surface area contributed by atoms with Gasteiger partial charge in [0.05, 0.1) is 10.7 Å². The zero-order valence-corrected chi connectivity index (χ0v) is 14.3. The summed E-state index contributed by atoms with van der Waals surface area (Å²) in [6.07, 6.45) is 6.32. The molecule has 4 heteroatoms. The van der Waals surface area contributed by atoms with E-state index in [1.165, 1.54) is 37.8 Å². The van der Waals surface area contributed by atoms with Crippen LogP contribution in [-0.4, -0.2) is 24.7 Å². The summed E-state index contributed by atoms with van der Waals surface area (Å²) in [6.45, 7) is 3.37. The molecule has 0 saturated carbocycles. The normalized spacial score (nSPS) is 28.9. The predicted octanol–water partition coefficient (Wildman–Crippen LogP) is 4.60. The van der Waals surface area contributed by atoms with E-state index in [0.717, 1.165) is 16.0 Å². The Kier molecular flexibility index (Phi) is 4.58. The molecule has 0 radical (unpaired) electrons. The number of benzene rings is 1. The lowest BCUT2D eigenvalue weighted by atomic mass is 9.96. The van der Waals surface area contributed by atoms with Gasteiger partial charge in [-0.25, -0.2) is 0 Å². The third-order valence-corrected chi connectivity index (χ3v) is 5.42. The molecule has 110 valence electrons. The monoisotopic (exact) mass is 356 g/mol. The molecule has 0 amide bonds. The summed E-state index contributed by atoms with van der Waals surface area (Å²) < 4.78 is 1.11. The summed E-state index contributed by atoms with van der Waals surface area (Å²) >= 11 is 10.0. The van der Waals surface area contributed by atoms with E-state index in [0.29, 0.717) is 18.1 Å². The Balaban J connectivity index is 1.78. The van der Waals surface area contributed by atoms with Gasteiger partial charge in [0.25, 0.3) is 0 Å². The van der Waals surface area contributed by atoms with Crippen molar-refractivity contribution in [2.45, 2.75) is 57.2 Å². The fourth-order valence-corrected chi connectivity index (χ4v) is 4.33. The van der Waals surface area contributed by atoms with Crippen LogP contribution in [0.4, 0.5) is 5.69 Å². The van der Waals surface area contributed by atoms with Crippen LogP contribution < -0.4 is 10.2 Å². The van der Waals surface area contributed by atoms with Crippen molar-refractivity contribution in [1.82, 2.24) is 5.32 Å². The number of hydrogen-bond acceptors (Lipinski definition) is 2. The van der Waals surface area contributed by atoms with Gasteiger partial charge in [-0.15, -0.1) is 0 Å². The van der Waals surface area contributed by atoms with Gasteiger partial charge < -0.3 is 10.2 Å². The summed E-state index contributed by atoms with van der Waals surface area (Å²) in [6, 6.07) is 8.18. The van der Waals surface area contributed by atoms with Crippen LogP contribution in [0.5, 0.6) is 0 Å². The molecule has 2 heterocycles. The van der Waals surface area contributed by atoms with E-state index >= 15 is 0 Å². The smallest absolute Gasteiger partial charge is 0.0640 e. The number of rotatable bonds is 4. The molecule has 3 rings (SSSR count). The highest BCUT2D eigenvalue weighted by Gasteiger charge is 2.41. The lowest BCUT2D eigenvalue weighted by Gasteiger charge is -2.41. The van der Waals surface area contributed by atoms with Gasteiger partial charge in [0, 0.05) is 22.6 Å². The molecular weight excluding hydrogens is 336 g/mol. The minimum absolute atomic E-state index is 0.648. The minimum Gasteiger partial charge on any atom is -0.364 e. The summed E-state index contributed by atoms with van der Waals surface area (Å²) in [5, 5.41) is 4.58. The highest BCUT2D eigenvalue weighted by atomic mass is 79.9. The molecule has 20 heavy (non-hydrogen) atoms. The molecule has 1 N–H and O–H groups in total. The second-order valence-electron chi connectivity index (χ2n) is 6.01. The first-order valence-electron chi connectivity index (χ1n) is 7.65. The lowest BCUT2D eigenvalue weighted by Crippen LogP contribution is -2.49. The quantitative estimate of drug-likeness (QED) is 0.847. The van der Waals surface area contributed by atoms with Crippen molar-refractivity contribution in [3.05, 3.63) is 27.7 Å². The second kappa shape index (κ2) is 6.25. The van der Waals surface area contributed by atoms with E-state index in [-0.39, 0.29) is 0 Å². The molecule has 1 aromatic carbocycles. The van der Waals surface area contributed by atoms with Crippen molar-refractivity contribution in [1.29, 1.82) is 0 Å². The van der Waals surface area contributed by atoms with E-state index in [1.54, 1.807) is 0 Å². The molecule has 2 saturated heterocycles. The van der Waals surface area contributed by atoms with Crippen LogP contribution in [0.2, 0.25) is 5.02 Å². The molecule has 2 unspecified atom stereocenters. The van der Waals surface area contributed by atoms with E-state index in [1.807, 2.05) is 12.1 Å². The van der Waals surface area contributed by atoms with Gasteiger partial charge in [-0.2, -0.15) is 0 Å². The van der Waals surface area contributed by atoms with Crippen LogP contribution in [0.15, 0.2) is 22.7 Å². The molecule has 0 aromatic heterocycles. The Morgan fingerprint density at radius 2 is 2.00 bits per heavy atom. The Morgan fingerprint density at radius 3 is 2.65 bits per heavy atom. The first-order valence-corrected chi connectivity index (χ1v) is 8.83. The minimum atomic E-state index is 0.648. The zero-order chi connectivity index (χ0) is 14.1. The molecule has 1 aromatic rings. The van der Waals surface area contributed by atoms with Crippen LogP contribution in [0.1, 0.15) is 39.0 Å². The Labute approximate surface area is 135 Å². The fraction of sp³-hybridized carbons (Fsp3) is 0.625. The number of fused-ring (bicyclic) bond motifs is 2. The first-order chi connectivity index (χ1) is 9.69. The predicted molar refractivity (Wildman–Crippen MR) is 89.8 cm³/mol. The molecule has 0 aliphatic carbocycles. The molecule has 2 fully saturated rings. The number of nitrogens with zero attached hydrogens (tertiary/aromatic N) is 1. The molecule has 0 spiro atoms. The standard InChI is InChI=1S/C16H22BrClN2/c1-2-7-19-12-9-13-4-5-14(10-12)20(13)16-8-11(17)3-6-15(16)18/h3,6,8,12-14,19H,2,4-5,7,9-10H2,1H3. The Morgan fingerprint density at radius 1 is 1.30 bits per heavy atom. The van der Waals surface area contributed by atoms with Crippen molar-refractivity contribution in [3.8, 4) is 0 Å². The van der Waals surface area contributed by atoms with Crippen LogP contribution >= 0.6 is 27.5 Å². The van der Waals surface area contributed by atoms with Gasteiger partial charge in [-0.1, -0.05) is 34.5 Å². The van der Waals surface area contributed by atoms with Crippen LogP contribution in [0.25, 0.3) is 0 Å². The number of hydrogen-bond donors (Lipinski definition) is 1. The SMILES string of the molecule is CCCNC1CC2CCC(C1)N2c1cc(Br)ccc1Cl.